The van der Waals surface area contributed by atoms with Gasteiger partial charge in [-0.2, -0.15) is 0 Å². The van der Waals surface area contributed by atoms with Gasteiger partial charge in [-0.05, 0) is 109 Å². The Balaban J connectivity index is 0.000000892. The van der Waals surface area contributed by atoms with Crippen molar-refractivity contribution in [2.75, 3.05) is 0 Å². The second-order valence-electron chi connectivity index (χ2n) is 11.4. The molecule has 46 heavy (non-hydrogen) atoms. The van der Waals surface area contributed by atoms with Crippen molar-refractivity contribution in [1.82, 2.24) is 19.9 Å². The number of carbonyl (C=O) groups is 1. The fraction of sp³-hybridized carbons (Fsp3) is 0.410. The Kier molecular flexibility index (Phi) is 13.0. The van der Waals surface area contributed by atoms with Crippen LogP contribution in [0.3, 0.4) is 0 Å². The maximum atomic E-state index is 9.25. The van der Waals surface area contributed by atoms with E-state index in [1.54, 1.807) is 0 Å². The van der Waals surface area contributed by atoms with Crippen molar-refractivity contribution in [1.29, 1.82) is 0 Å². The van der Waals surface area contributed by atoms with Crippen molar-refractivity contribution >= 4 is 50.3 Å². The van der Waals surface area contributed by atoms with Crippen LogP contribution in [-0.2, 0) is 47.0 Å². The largest absolute Gasteiger partial charge is 0.478 e. The van der Waals surface area contributed by atoms with Gasteiger partial charge in [0.2, 0.25) is 0 Å². The molecule has 3 aromatic rings. The third-order valence-corrected chi connectivity index (χ3v) is 9.09. The van der Waals surface area contributed by atoms with Crippen LogP contribution in [0, 0.1) is 0 Å². The third kappa shape index (κ3) is 6.85. The van der Waals surface area contributed by atoms with Crippen LogP contribution in [0.15, 0.2) is 36.9 Å². The molecule has 0 unspecified atom stereocenters. The maximum Gasteiger partial charge on any atom is 0.327 e. The van der Waals surface area contributed by atoms with Crippen LogP contribution in [0.5, 0.6) is 0 Å². The number of aryl methyl sites for hydroxylation is 3. The number of aliphatic carboxylic acids is 1. The smallest absolute Gasteiger partial charge is 0.327 e. The number of rotatable bonds is 9. The molecule has 248 valence electrons. The summed E-state index contributed by atoms with van der Waals surface area (Å²) >= 11 is 0. The van der Waals surface area contributed by atoms with Crippen molar-refractivity contribution in [3.63, 3.8) is 0 Å². The van der Waals surface area contributed by atoms with Crippen molar-refractivity contribution in [3.05, 3.63) is 81.9 Å². The molecule has 0 aliphatic carbocycles. The fourth-order valence-electron chi connectivity index (χ4n) is 7.07. The van der Waals surface area contributed by atoms with E-state index in [0.717, 1.165) is 79.9 Å². The first-order chi connectivity index (χ1) is 21.7. The number of nitrogens with zero attached hydrogens (tertiary/aromatic N) is 2. The minimum Gasteiger partial charge on any atom is -0.478 e. The van der Waals surface area contributed by atoms with Gasteiger partial charge in [0, 0.05) is 55.8 Å². The number of fused-ring (bicyclic) bond motifs is 8. The van der Waals surface area contributed by atoms with Crippen LogP contribution in [-0.4, -0.2) is 31.0 Å². The van der Waals surface area contributed by atoms with Gasteiger partial charge < -0.3 is 15.1 Å². The molecule has 5 heterocycles. The second kappa shape index (κ2) is 16.2. The zero-order valence-corrected chi connectivity index (χ0v) is 29.8. The zero-order valence-electron chi connectivity index (χ0n) is 28.8. The molecule has 3 N–H and O–H groups in total. The van der Waals surface area contributed by atoms with Gasteiger partial charge in [-0.15, -0.1) is 0 Å². The SMILES string of the molecule is C=CC(=O)O.CCC1=C(CC)c2nc1cc1ccc(cc3[nH]c(c(CC)c4nc(c2CC)C(CC)=C4CC)c(CC)c3CC)[nH]1.[Ni]. The number of allylic oxidation sites excluding steroid dienone is 4. The number of H-pyrrole nitrogens is 2. The summed E-state index contributed by atoms with van der Waals surface area (Å²) in [5, 5.41) is 7.60. The van der Waals surface area contributed by atoms with Gasteiger partial charge in [-0.3, -0.25) is 0 Å². The van der Waals surface area contributed by atoms with E-state index in [1.807, 2.05) is 0 Å². The van der Waals surface area contributed by atoms with Crippen LogP contribution in [0.2, 0.25) is 0 Å². The number of carboxylic acid groups (broad SMARTS) is 1. The number of hydrogen-bond donors (Lipinski definition) is 3. The number of aromatic nitrogens is 4. The van der Waals surface area contributed by atoms with Gasteiger partial charge in [-0.25, -0.2) is 14.8 Å². The van der Waals surface area contributed by atoms with Crippen LogP contribution in [0.4, 0.5) is 0 Å². The van der Waals surface area contributed by atoms with E-state index in [0.29, 0.717) is 0 Å². The van der Waals surface area contributed by atoms with E-state index in [-0.39, 0.29) is 16.5 Å². The van der Waals surface area contributed by atoms with Crippen LogP contribution in [0.25, 0.3) is 44.4 Å². The summed E-state index contributed by atoms with van der Waals surface area (Å²) in [6.07, 6.45) is 8.57. The minimum atomic E-state index is -0.981. The monoisotopic (exact) mass is 664 g/mol. The third-order valence-electron chi connectivity index (χ3n) is 9.09. The Morgan fingerprint density at radius 2 is 1.11 bits per heavy atom. The Hall–Kier alpha value is -3.70. The average Bonchev–Trinajstić information content (AvgIpc) is 3.81. The predicted octanol–water partition coefficient (Wildman–Crippen LogP) is 10.3. The normalized spacial score (nSPS) is 12.5. The molecule has 5 rings (SSSR count). The summed E-state index contributed by atoms with van der Waals surface area (Å²) in [6, 6.07) is 8.89. The molecular weight excluding hydrogens is 615 g/mol. The van der Waals surface area contributed by atoms with Crippen LogP contribution < -0.4 is 0 Å². The molecule has 0 amide bonds. The van der Waals surface area contributed by atoms with Gasteiger partial charge in [-0.1, -0.05) is 62.0 Å². The zero-order chi connectivity index (χ0) is 32.8. The van der Waals surface area contributed by atoms with Crippen molar-refractivity contribution in [2.45, 2.75) is 107 Å². The quantitative estimate of drug-likeness (QED) is 0.157. The fourth-order valence-corrected chi connectivity index (χ4v) is 7.07. The first-order valence-corrected chi connectivity index (χ1v) is 16.8. The molecule has 3 aromatic heterocycles. The van der Waals surface area contributed by atoms with Gasteiger partial charge in [0.15, 0.2) is 0 Å². The molecule has 2 aliphatic heterocycles. The van der Waals surface area contributed by atoms with Crippen LogP contribution >= 0.6 is 0 Å². The van der Waals surface area contributed by atoms with E-state index in [2.05, 4.69) is 96.2 Å². The standard InChI is InChI=1S/C36H46N4.C3H4O2.Ni/c1-9-23-25(11-3)33-29(15-7)35-27(13-5)28(14-6)36(40-35)30(16-8)34-26(12-4)24(10-2)32(39-34)20-22-18-17-21(37-22)19-31(23)38-33;1-2-3(4)5;/h17-20,37-38H,9-16H2,1-8H3;2H,1H2,(H,4,5);. The number of aromatic amines is 2. The Morgan fingerprint density at radius 3 is 1.59 bits per heavy atom. The molecule has 0 atom stereocenters. The van der Waals surface area contributed by atoms with Gasteiger partial charge in [0.1, 0.15) is 0 Å². The molecule has 0 fully saturated rings. The van der Waals surface area contributed by atoms with E-state index < -0.39 is 5.97 Å². The first kappa shape index (κ1) is 36.8. The van der Waals surface area contributed by atoms with Crippen LogP contribution in [0.1, 0.15) is 126 Å². The molecule has 0 radical (unpaired) electrons. The molecule has 0 saturated carbocycles. The molecule has 7 heteroatoms. The summed E-state index contributed by atoms with van der Waals surface area (Å²) in [4.78, 5) is 27.7. The molecule has 0 saturated heterocycles. The molecular formula is C39H50N4NiO2. The van der Waals surface area contributed by atoms with E-state index in [4.69, 9.17) is 15.1 Å². The summed E-state index contributed by atoms with van der Waals surface area (Å²) in [5.74, 6) is -0.981. The van der Waals surface area contributed by atoms with Gasteiger partial charge in [0.25, 0.3) is 0 Å². The maximum absolute atomic E-state index is 9.25. The molecule has 8 bridgehead atoms. The average molecular weight is 666 g/mol. The Morgan fingerprint density at radius 1 is 0.652 bits per heavy atom. The Labute approximate surface area is 284 Å². The Bertz CT molecular complexity index is 1840. The number of nitrogens with one attached hydrogen (secondary N) is 2. The van der Waals surface area contributed by atoms with E-state index in [1.165, 1.54) is 67.0 Å². The summed E-state index contributed by atoms with van der Waals surface area (Å²) < 4.78 is 0. The van der Waals surface area contributed by atoms with Gasteiger partial charge >= 0.3 is 5.97 Å². The summed E-state index contributed by atoms with van der Waals surface area (Å²) in [7, 11) is 0. The number of hydrogen-bond acceptors (Lipinski definition) is 3. The molecule has 6 nitrogen and oxygen atoms in total. The second-order valence-corrected chi connectivity index (χ2v) is 11.4. The summed E-state index contributed by atoms with van der Waals surface area (Å²) in [6.45, 7) is 21.2. The van der Waals surface area contributed by atoms with Crippen molar-refractivity contribution in [2.24, 2.45) is 0 Å². The molecule has 2 aliphatic rings. The summed E-state index contributed by atoms with van der Waals surface area (Å²) in [5.41, 5.74) is 20.3. The van der Waals surface area contributed by atoms with Crippen molar-refractivity contribution < 1.29 is 26.4 Å². The first-order valence-electron chi connectivity index (χ1n) is 16.8. The molecule has 0 aromatic carbocycles. The minimum absolute atomic E-state index is 0. The van der Waals surface area contributed by atoms with E-state index in [9.17, 15) is 4.79 Å². The van der Waals surface area contributed by atoms with Gasteiger partial charge in [0.05, 0.1) is 22.8 Å². The predicted molar refractivity (Wildman–Crippen MR) is 191 cm³/mol. The van der Waals surface area contributed by atoms with E-state index >= 15 is 0 Å². The van der Waals surface area contributed by atoms with Crippen molar-refractivity contribution in [3.8, 4) is 0 Å². The topological polar surface area (TPSA) is 94.7 Å². The number of carboxylic acids is 1. The molecule has 0 spiro atoms.